The smallest absolute Gasteiger partial charge is 0.313 e. The molecule has 0 amide bonds. The van der Waals surface area contributed by atoms with Crippen molar-refractivity contribution >= 4 is 5.97 Å². The Morgan fingerprint density at radius 2 is 1.91 bits per heavy atom. The molecule has 3 heteroatoms. The van der Waals surface area contributed by atoms with Gasteiger partial charge in [-0.15, -0.1) is 0 Å². The third-order valence-electron chi connectivity index (χ3n) is 5.60. The van der Waals surface area contributed by atoms with E-state index in [1.165, 1.54) is 25.7 Å². The first-order valence-electron chi connectivity index (χ1n) is 9.21. The highest BCUT2D eigenvalue weighted by Crippen LogP contribution is 2.38. The van der Waals surface area contributed by atoms with Crippen LogP contribution in [0.5, 0.6) is 0 Å². The molecule has 1 aromatic carbocycles. The van der Waals surface area contributed by atoms with Crippen LogP contribution >= 0.6 is 0 Å². The Bertz CT molecular complexity index is 496. The second kappa shape index (κ2) is 7.96. The van der Waals surface area contributed by atoms with Gasteiger partial charge in [0.15, 0.2) is 0 Å². The van der Waals surface area contributed by atoms with Crippen LogP contribution in [0.25, 0.3) is 0 Å². The van der Waals surface area contributed by atoms with E-state index in [4.69, 9.17) is 4.74 Å². The highest BCUT2D eigenvalue weighted by Gasteiger charge is 2.33. The zero-order valence-corrected chi connectivity index (χ0v) is 14.2. The highest BCUT2D eigenvalue weighted by atomic mass is 16.5. The summed E-state index contributed by atoms with van der Waals surface area (Å²) in [4.78, 5) is 15.2. The van der Waals surface area contributed by atoms with Crippen LogP contribution in [0.2, 0.25) is 0 Å². The van der Waals surface area contributed by atoms with E-state index >= 15 is 0 Å². The molecule has 0 spiro atoms. The summed E-state index contributed by atoms with van der Waals surface area (Å²) in [5.41, 5.74) is 1.12. The number of benzene rings is 1. The molecule has 1 heterocycles. The van der Waals surface area contributed by atoms with Crippen LogP contribution in [0.4, 0.5) is 0 Å². The molecule has 1 aromatic rings. The Morgan fingerprint density at radius 1 is 1.17 bits per heavy atom. The number of carbonyl (C=O) groups is 1. The Labute approximate surface area is 140 Å². The lowest BCUT2D eigenvalue weighted by atomic mass is 9.85. The van der Waals surface area contributed by atoms with Crippen LogP contribution < -0.4 is 0 Å². The summed E-state index contributed by atoms with van der Waals surface area (Å²) in [6.07, 6.45) is 7.32. The van der Waals surface area contributed by atoms with Crippen LogP contribution in [0.15, 0.2) is 30.3 Å². The minimum atomic E-state index is -0.0744. The van der Waals surface area contributed by atoms with Gasteiger partial charge in [0.1, 0.15) is 6.61 Å². The van der Waals surface area contributed by atoms with E-state index in [0.717, 1.165) is 31.5 Å². The molecule has 0 N–H and O–H groups in total. The highest BCUT2D eigenvalue weighted by molar-refractivity contribution is 5.78. The van der Waals surface area contributed by atoms with Crippen molar-refractivity contribution in [2.75, 3.05) is 19.7 Å². The van der Waals surface area contributed by atoms with E-state index in [9.17, 15) is 4.79 Å². The molecule has 2 unspecified atom stereocenters. The third kappa shape index (κ3) is 4.14. The predicted octanol–water partition coefficient (Wildman–Crippen LogP) is 3.99. The van der Waals surface area contributed by atoms with Crippen molar-refractivity contribution in [1.82, 2.24) is 4.90 Å². The summed E-state index contributed by atoms with van der Waals surface area (Å²) in [7, 11) is 0. The number of rotatable bonds is 6. The fourth-order valence-corrected chi connectivity index (χ4v) is 4.23. The number of likely N-dealkylation sites (tertiary alicyclic amines) is 1. The quantitative estimate of drug-likeness (QED) is 0.744. The number of esters is 1. The molecule has 1 saturated carbocycles. The number of hydrogen-bond donors (Lipinski definition) is 0. The molecular formula is C20H29NO2. The fraction of sp³-hybridized carbons (Fsp3) is 0.650. The van der Waals surface area contributed by atoms with Gasteiger partial charge >= 0.3 is 5.97 Å². The lowest BCUT2D eigenvalue weighted by Crippen LogP contribution is -2.32. The van der Waals surface area contributed by atoms with Gasteiger partial charge in [-0.1, -0.05) is 43.2 Å². The Balaban J connectivity index is 1.59. The molecule has 3 rings (SSSR count). The maximum Gasteiger partial charge on any atom is 0.313 e. The molecule has 2 fully saturated rings. The minimum absolute atomic E-state index is 0.0186. The maximum absolute atomic E-state index is 12.7. The predicted molar refractivity (Wildman–Crippen MR) is 92.4 cm³/mol. The molecule has 2 atom stereocenters. The van der Waals surface area contributed by atoms with Crippen LogP contribution in [0.3, 0.4) is 0 Å². The van der Waals surface area contributed by atoms with Gasteiger partial charge in [0, 0.05) is 12.6 Å². The van der Waals surface area contributed by atoms with Crippen molar-refractivity contribution in [3.63, 3.8) is 0 Å². The molecule has 0 radical (unpaired) electrons. The summed E-state index contributed by atoms with van der Waals surface area (Å²) in [6.45, 7) is 4.81. The maximum atomic E-state index is 12.7. The monoisotopic (exact) mass is 315 g/mol. The Hall–Kier alpha value is -1.35. The van der Waals surface area contributed by atoms with Crippen LogP contribution in [0.1, 0.15) is 56.9 Å². The van der Waals surface area contributed by atoms with Gasteiger partial charge < -0.3 is 4.74 Å². The number of hydrogen-bond acceptors (Lipinski definition) is 3. The van der Waals surface area contributed by atoms with Crippen LogP contribution in [0, 0.1) is 5.92 Å². The van der Waals surface area contributed by atoms with Crippen molar-refractivity contribution in [1.29, 1.82) is 0 Å². The summed E-state index contributed by atoms with van der Waals surface area (Å²) in [5.74, 6) is 0.361. The SMILES string of the molecule is CC1CCCN1CCOC(=O)C(c1ccccc1)C1CCCC1. The molecular weight excluding hydrogens is 286 g/mol. The number of ether oxygens (including phenoxy) is 1. The second-order valence-corrected chi connectivity index (χ2v) is 7.13. The fourth-order valence-electron chi connectivity index (χ4n) is 4.23. The number of nitrogens with zero attached hydrogens (tertiary/aromatic N) is 1. The zero-order chi connectivity index (χ0) is 16.1. The van der Waals surface area contributed by atoms with Gasteiger partial charge in [0.2, 0.25) is 0 Å². The average Bonchev–Trinajstić information content (AvgIpc) is 3.21. The molecule has 0 bridgehead atoms. The van der Waals surface area contributed by atoms with Crippen LogP contribution in [-0.4, -0.2) is 36.6 Å². The van der Waals surface area contributed by atoms with Crippen molar-refractivity contribution in [2.45, 2.75) is 57.4 Å². The zero-order valence-electron chi connectivity index (χ0n) is 14.2. The van der Waals surface area contributed by atoms with Crippen molar-refractivity contribution in [2.24, 2.45) is 5.92 Å². The van der Waals surface area contributed by atoms with E-state index in [-0.39, 0.29) is 11.9 Å². The summed E-state index contributed by atoms with van der Waals surface area (Å²) >= 11 is 0. The molecule has 3 nitrogen and oxygen atoms in total. The third-order valence-corrected chi connectivity index (χ3v) is 5.60. The lowest BCUT2D eigenvalue weighted by molar-refractivity contribution is -0.147. The van der Waals surface area contributed by atoms with E-state index in [1.807, 2.05) is 18.2 Å². The first kappa shape index (κ1) is 16.5. The number of carbonyl (C=O) groups excluding carboxylic acids is 1. The van der Waals surface area contributed by atoms with Gasteiger partial charge in [-0.2, -0.15) is 0 Å². The van der Waals surface area contributed by atoms with E-state index < -0.39 is 0 Å². The molecule has 1 aliphatic carbocycles. The van der Waals surface area contributed by atoms with Gasteiger partial charge in [-0.25, -0.2) is 0 Å². The van der Waals surface area contributed by atoms with Gasteiger partial charge in [-0.05, 0) is 50.6 Å². The first-order chi connectivity index (χ1) is 11.3. The van der Waals surface area contributed by atoms with E-state index in [2.05, 4.69) is 24.0 Å². The minimum Gasteiger partial charge on any atom is -0.464 e. The average molecular weight is 315 g/mol. The Morgan fingerprint density at radius 3 is 2.57 bits per heavy atom. The molecule has 23 heavy (non-hydrogen) atoms. The molecule has 0 aromatic heterocycles. The lowest BCUT2D eigenvalue weighted by Gasteiger charge is -2.24. The standard InChI is InChI=1S/C20H29NO2/c1-16-8-7-13-21(16)14-15-23-20(22)19(18-11-5-6-12-18)17-9-3-2-4-10-17/h2-4,9-10,16,18-19H,5-8,11-15H2,1H3. The van der Waals surface area contributed by atoms with Crippen LogP contribution in [-0.2, 0) is 9.53 Å². The van der Waals surface area contributed by atoms with Crippen molar-refractivity contribution < 1.29 is 9.53 Å². The molecule has 1 saturated heterocycles. The molecule has 126 valence electrons. The first-order valence-corrected chi connectivity index (χ1v) is 9.21. The van der Waals surface area contributed by atoms with Gasteiger partial charge in [-0.3, -0.25) is 9.69 Å². The summed E-state index contributed by atoms with van der Waals surface area (Å²) in [5, 5.41) is 0. The molecule has 1 aliphatic heterocycles. The van der Waals surface area contributed by atoms with E-state index in [0.29, 0.717) is 18.6 Å². The Kier molecular flexibility index (Phi) is 5.71. The topological polar surface area (TPSA) is 29.5 Å². The van der Waals surface area contributed by atoms with Gasteiger partial charge in [0.05, 0.1) is 5.92 Å². The largest absolute Gasteiger partial charge is 0.464 e. The normalized spacial score (nSPS) is 24.0. The second-order valence-electron chi connectivity index (χ2n) is 7.13. The van der Waals surface area contributed by atoms with Crippen molar-refractivity contribution in [3.8, 4) is 0 Å². The van der Waals surface area contributed by atoms with Gasteiger partial charge in [0.25, 0.3) is 0 Å². The molecule has 2 aliphatic rings. The summed E-state index contributed by atoms with van der Waals surface area (Å²) in [6, 6.07) is 10.8. The summed E-state index contributed by atoms with van der Waals surface area (Å²) < 4.78 is 5.70. The van der Waals surface area contributed by atoms with Crippen molar-refractivity contribution in [3.05, 3.63) is 35.9 Å². The van der Waals surface area contributed by atoms with E-state index in [1.54, 1.807) is 0 Å².